The number of amides is 1. The van der Waals surface area contributed by atoms with Gasteiger partial charge in [-0.25, -0.2) is 9.78 Å². The molecule has 0 aromatic carbocycles. The summed E-state index contributed by atoms with van der Waals surface area (Å²) >= 11 is 0. The molecule has 1 aliphatic rings. The van der Waals surface area contributed by atoms with Crippen LogP contribution < -0.4 is 11.1 Å². The number of carbonyl (C=O) groups is 1. The van der Waals surface area contributed by atoms with Crippen molar-refractivity contribution in [2.24, 2.45) is 0 Å². The first-order valence-corrected chi connectivity index (χ1v) is 3.91. The molecule has 5 heteroatoms. The number of nitrogens with two attached hydrogens (primary N) is 1. The van der Waals surface area contributed by atoms with E-state index in [2.05, 4.69) is 10.3 Å². The number of pyridine rings is 1. The standard InChI is InChI=1S/C8H9N3O2/c9-7-5(2-1-3-10-7)6-4-13-8(12)11-6/h1-3,6H,4H2,(H2,9,10)(H,11,12)/t6-/m0/s1. The first kappa shape index (κ1) is 7.85. The van der Waals surface area contributed by atoms with Gasteiger partial charge in [0.15, 0.2) is 0 Å². The van der Waals surface area contributed by atoms with Gasteiger partial charge in [-0.15, -0.1) is 0 Å². The van der Waals surface area contributed by atoms with Crippen LogP contribution in [0.4, 0.5) is 10.6 Å². The molecule has 1 saturated heterocycles. The minimum atomic E-state index is -0.409. The van der Waals surface area contributed by atoms with Gasteiger partial charge < -0.3 is 15.8 Å². The largest absolute Gasteiger partial charge is 0.447 e. The van der Waals surface area contributed by atoms with Gasteiger partial charge in [0, 0.05) is 11.8 Å². The summed E-state index contributed by atoms with van der Waals surface area (Å²) in [7, 11) is 0. The lowest BCUT2D eigenvalue weighted by Gasteiger charge is -2.08. The highest BCUT2D eigenvalue weighted by Gasteiger charge is 2.25. The second-order valence-electron chi connectivity index (χ2n) is 2.77. The van der Waals surface area contributed by atoms with E-state index in [0.717, 1.165) is 5.56 Å². The minimum Gasteiger partial charge on any atom is -0.447 e. The minimum absolute atomic E-state index is 0.166. The van der Waals surface area contributed by atoms with Crippen molar-refractivity contribution in [2.45, 2.75) is 6.04 Å². The Morgan fingerprint density at radius 2 is 2.54 bits per heavy atom. The zero-order valence-electron chi connectivity index (χ0n) is 6.86. The average molecular weight is 179 g/mol. The molecule has 68 valence electrons. The van der Waals surface area contributed by atoms with E-state index < -0.39 is 6.09 Å². The lowest BCUT2D eigenvalue weighted by Crippen LogP contribution is -2.19. The van der Waals surface area contributed by atoms with Crippen LogP contribution in [0.5, 0.6) is 0 Å². The Morgan fingerprint density at radius 1 is 1.69 bits per heavy atom. The van der Waals surface area contributed by atoms with Gasteiger partial charge in [0.25, 0.3) is 0 Å². The third-order valence-electron chi connectivity index (χ3n) is 1.92. The van der Waals surface area contributed by atoms with Crippen LogP contribution in [0, 0.1) is 0 Å². The van der Waals surface area contributed by atoms with Crippen LogP contribution in [0.3, 0.4) is 0 Å². The Morgan fingerprint density at radius 3 is 3.15 bits per heavy atom. The number of cyclic esters (lactones) is 1. The summed E-state index contributed by atoms with van der Waals surface area (Å²) in [5.41, 5.74) is 6.43. The van der Waals surface area contributed by atoms with Crippen LogP contribution in [-0.2, 0) is 4.74 Å². The summed E-state index contributed by atoms with van der Waals surface area (Å²) in [6.07, 6.45) is 1.20. The van der Waals surface area contributed by atoms with E-state index in [1.807, 2.05) is 6.07 Å². The monoisotopic (exact) mass is 179 g/mol. The topological polar surface area (TPSA) is 77.2 Å². The summed E-state index contributed by atoms with van der Waals surface area (Å²) in [6, 6.07) is 3.43. The molecule has 0 saturated carbocycles. The van der Waals surface area contributed by atoms with E-state index in [9.17, 15) is 4.79 Å². The fraction of sp³-hybridized carbons (Fsp3) is 0.250. The Labute approximate surface area is 74.9 Å². The Hall–Kier alpha value is -1.78. The predicted octanol–water partition coefficient (Wildman–Crippen LogP) is 0.445. The molecule has 1 atom stereocenters. The maximum absolute atomic E-state index is 10.7. The number of anilines is 1. The highest BCUT2D eigenvalue weighted by Crippen LogP contribution is 2.21. The van der Waals surface area contributed by atoms with Gasteiger partial charge in [0.05, 0.1) is 6.04 Å². The smallest absolute Gasteiger partial charge is 0.407 e. The molecule has 0 aliphatic carbocycles. The van der Waals surface area contributed by atoms with Crippen LogP contribution in [0.15, 0.2) is 18.3 Å². The molecule has 1 aromatic rings. The molecule has 0 bridgehead atoms. The Balaban J connectivity index is 2.26. The van der Waals surface area contributed by atoms with Crippen molar-refractivity contribution < 1.29 is 9.53 Å². The van der Waals surface area contributed by atoms with Gasteiger partial charge >= 0.3 is 6.09 Å². The van der Waals surface area contributed by atoms with E-state index in [-0.39, 0.29) is 6.04 Å². The summed E-state index contributed by atoms with van der Waals surface area (Å²) in [5, 5.41) is 2.63. The van der Waals surface area contributed by atoms with Gasteiger partial charge in [0.1, 0.15) is 12.4 Å². The summed E-state index contributed by atoms with van der Waals surface area (Å²) in [4.78, 5) is 14.7. The zero-order valence-corrected chi connectivity index (χ0v) is 6.86. The Kier molecular flexibility index (Phi) is 1.77. The average Bonchev–Trinajstić information content (AvgIpc) is 2.53. The van der Waals surface area contributed by atoms with Crippen molar-refractivity contribution in [2.75, 3.05) is 12.3 Å². The third-order valence-corrected chi connectivity index (χ3v) is 1.92. The molecule has 1 fully saturated rings. The van der Waals surface area contributed by atoms with E-state index in [4.69, 9.17) is 10.5 Å². The highest BCUT2D eigenvalue weighted by molar-refractivity contribution is 5.70. The van der Waals surface area contributed by atoms with Crippen molar-refractivity contribution in [1.29, 1.82) is 0 Å². The normalized spacial score (nSPS) is 20.9. The number of ether oxygens (including phenoxy) is 1. The number of nitrogens with zero attached hydrogens (tertiary/aromatic N) is 1. The van der Waals surface area contributed by atoms with Crippen molar-refractivity contribution in [3.63, 3.8) is 0 Å². The zero-order chi connectivity index (χ0) is 9.26. The van der Waals surface area contributed by atoms with Crippen LogP contribution in [0.2, 0.25) is 0 Å². The molecule has 0 spiro atoms. The van der Waals surface area contributed by atoms with E-state index in [1.54, 1.807) is 12.3 Å². The van der Waals surface area contributed by atoms with E-state index in [0.29, 0.717) is 12.4 Å². The summed E-state index contributed by atoms with van der Waals surface area (Å²) in [5.74, 6) is 0.429. The lowest BCUT2D eigenvalue weighted by atomic mass is 10.1. The quantitative estimate of drug-likeness (QED) is 0.656. The molecular formula is C8H9N3O2. The first-order valence-electron chi connectivity index (χ1n) is 3.91. The summed E-state index contributed by atoms with van der Waals surface area (Å²) < 4.78 is 4.74. The number of nitrogen functional groups attached to an aromatic ring is 1. The highest BCUT2D eigenvalue weighted by atomic mass is 16.6. The van der Waals surface area contributed by atoms with Gasteiger partial charge in [0.2, 0.25) is 0 Å². The molecule has 0 unspecified atom stereocenters. The van der Waals surface area contributed by atoms with Crippen LogP contribution >= 0.6 is 0 Å². The fourth-order valence-electron chi connectivity index (χ4n) is 1.28. The molecule has 2 heterocycles. The number of carbonyl (C=O) groups excluding carboxylic acids is 1. The molecular weight excluding hydrogens is 170 g/mol. The maximum atomic E-state index is 10.7. The number of hydrogen-bond donors (Lipinski definition) is 2. The van der Waals surface area contributed by atoms with Crippen molar-refractivity contribution in [1.82, 2.24) is 10.3 Å². The number of hydrogen-bond acceptors (Lipinski definition) is 4. The molecule has 1 aliphatic heterocycles. The number of aromatic nitrogens is 1. The van der Waals surface area contributed by atoms with E-state index in [1.165, 1.54) is 0 Å². The number of nitrogens with one attached hydrogen (secondary N) is 1. The van der Waals surface area contributed by atoms with Crippen LogP contribution in [0.1, 0.15) is 11.6 Å². The molecule has 2 rings (SSSR count). The van der Waals surface area contributed by atoms with Gasteiger partial charge in [-0.05, 0) is 6.07 Å². The van der Waals surface area contributed by atoms with Gasteiger partial charge in [-0.1, -0.05) is 6.07 Å². The van der Waals surface area contributed by atoms with Crippen LogP contribution in [0.25, 0.3) is 0 Å². The SMILES string of the molecule is Nc1ncccc1[C@@H]1COC(=O)N1. The Bertz CT molecular complexity index is 340. The van der Waals surface area contributed by atoms with Crippen molar-refractivity contribution >= 4 is 11.9 Å². The maximum Gasteiger partial charge on any atom is 0.407 e. The molecule has 1 aromatic heterocycles. The van der Waals surface area contributed by atoms with Gasteiger partial charge in [-0.2, -0.15) is 0 Å². The van der Waals surface area contributed by atoms with Crippen molar-refractivity contribution in [3.8, 4) is 0 Å². The van der Waals surface area contributed by atoms with E-state index >= 15 is 0 Å². The number of rotatable bonds is 1. The van der Waals surface area contributed by atoms with Gasteiger partial charge in [-0.3, -0.25) is 0 Å². The molecule has 3 N–H and O–H groups in total. The number of alkyl carbamates (subject to hydrolysis) is 1. The third kappa shape index (κ3) is 1.40. The molecule has 1 amide bonds. The lowest BCUT2D eigenvalue weighted by molar-refractivity contribution is 0.177. The molecule has 5 nitrogen and oxygen atoms in total. The summed E-state index contributed by atoms with van der Waals surface area (Å²) in [6.45, 7) is 0.314. The molecule has 0 radical (unpaired) electrons. The predicted molar refractivity (Wildman–Crippen MR) is 45.9 cm³/mol. The second kappa shape index (κ2) is 2.93. The van der Waals surface area contributed by atoms with Crippen LogP contribution in [-0.4, -0.2) is 17.7 Å². The second-order valence-corrected chi connectivity index (χ2v) is 2.77. The van der Waals surface area contributed by atoms with Crippen molar-refractivity contribution in [3.05, 3.63) is 23.9 Å². The molecule has 13 heavy (non-hydrogen) atoms. The fourth-order valence-corrected chi connectivity index (χ4v) is 1.28. The first-order chi connectivity index (χ1) is 6.27.